The van der Waals surface area contributed by atoms with Gasteiger partial charge in [0, 0.05) is 17.0 Å². The number of hydrogen-bond donors (Lipinski definition) is 1. The molecule has 1 aromatic carbocycles. The molecule has 0 aliphatic rings. The van der Waals surface area contributed by atoms with Crippen LogP contribution in [0.5, 0.6) is 0 Å². The van der Waals surface area contributed by atoms with Crippen LogP contribution in [-0.4, -0.2) is 16.0 Å². The molecule has 1 amide bonds. The van der Waals surface area contributed by atoms with E-state index < -0.39 is 0 Å². The molecule has 3 rings (SSSR count). The van der Waals surface area contributed by atoms with E-state index in [9.17, 15) is 4.79 Å². The van der Waals surface area contributed by atoms with Gasteiger partial charge in [0.2, 0.25) is 5.76 Å². The lowest BCUT2D eigenvalue weighted by Gasteiger charge is -1.97. The molecule has 1 N–H and O–H groups in total. The quantitative estimate of drug-likeness (QED) is 0.795. The van der Waals surface area contributed by atoms with E-state index in [1.54, 1.807) is 0 Å². The normalized spacial score (nSPS) is 10.3. The highest BCUT2D eigenvalue weighted by Gasteiger charge is 2.12. The van der Waals surface area contributed by atoms with Crippen molar-refractivity contribution in [3.05, 3.63) is 53.7 Å². The summed E-state index contributed by atoms with van der Waals surface area (Å²) >= 11 is 1.36. The lowest BCUT2D eigenvalue weighted by molar-refractivity contribution is 0.0988. The van der Waals surface area contributed by atoms with Gasteiger partial charge in [-0.05, 0) is 0 Å². The average molecular weight is 271 g/mol. The number of rotatable bonds is 3. The highest BCUT2D eigenvalue weighted by Crippen LogP contribution is 2.24. The second-order valence-corrected chi connectivity index (χ2v) is 4.59. The Morgan fingerprint density at radius 1 is 1.21 bits per heavy atom. The van der Waals surface area contributed by atoms with E-state index >= 15 is 0 Å². The Bertz CT molecular complexity index is 677. The molecule has 2 aromatic heterocycles. The summed E-state index contributed by atoms with van der Waals surface area (Å²) in [5.74, 6) is -0.192. The minimum atomic E-state index is -0.355. The number of nitrogens with zero attached hydrogens (tertiary/aromatic N) is 2. The van der Waals surface area contributed by atoms with Gasteiger partial charge < -0.3 is 4.52 Å². The first-order valence-corrected chi connectivity index (χ1v) is 6.44. The van der Waals surface area contributed by atoms with Gasteiger partial charge in [-0.2, -0.15) is 0 Å². The van der Waals surface area contributed by atoms with E-state index in [4.69, 9.17) is 4.52 Å². The molecule has 0 saturated carbocycles. The maximum Gasteiger partial charge on any atom is 0.296 e. The molecule has 3 aromatic rings. The second kappa shape index (κ2) is 5.03. The molecule has 0 radical (unpaired) electrons. The van der Waals surface area contributed by atoms with Gasteiger partial charge in [0.1, 0.15) is 0 Å². The Balaban J connectivity index is 1.77. The van der Waals surface area contributed by atoms with Crippen LogP contribution in [0.25, 0.3) is 11.3 Å². The SMILES string of the molecule is O=C(Nc1nc(-c2ccccc2)cs1)c1ccno1. The lowest BCUT2D eigenvalue weighted by Crippen LogP contribution is -2.10. The maximum absolute atomic E-state index is 11.7. The van der Waals surface area contributed by atoms with Crippen molar-refractivity contribution < 1.29 is 9.32 Å². The molecule has 0 saturated heterocycles. The van der Waals surface area contributed by atoms with Crippen molar-refractivity contribution >= 4 is 22.4 Å². The topological polar surface area (TPSA) is 68.0 Å². The van der Waals surface area contributed by atoms with Crippen molar-refractivity contribution in [3.8, 4) is 11.3 Å². The van der Waals surface area contributed by atoms with Gasteiger partial charge in [0.05, 0.1) is 11.9 Å². The van der Waals surface area contributed by atoms with Gasteiger partial charge in [-0.1, -0.05) is 35.5 Å². The van der Waals surface area contributed by atoms with E-state index in [1.807, 2.05) is 35.7 Å². The number of aromatic nitrogens is 2. The molecule has 0 fully saturated rings. The second-order valence-electron chi connectivity index (χ2n) is 3.73. The molecule has 0 spiro atoms. The molecule has 2 heterocycles. The minimum absolute atomic E-state index is 0.163. The monoisotopic (exact) mass is 271 g/mol. The van der Waals surface area contributed by atoms with Gasteiger partial charge in [0.15, 0.2) is 5.13 Å². The fraction of sp³-hybridized carbons (Fsp3) is 0. The van der Waals surface area contributed by atoms with Crippen molar-refractivity contribution in [2.45, 2.75) is 0 Å². The molecule has 0 bridgehead atoms. The molecule has 0 aliphatic heterocycles. The van der Waals surface area contributed by atoms with Crippen LogP contribution in [0.3, 0.4) is 0 Å². The van der Waals surface area contributed by atoms with E-state index in [0.717, 1.165) is 11.3 Å². The number of benzene rings is 1. The van der Waals surface area contributed by atoms with Crippen LogP contribution in [-0.2, 0) is 0 Å². The van der Waals surface area contributed by atoms with E-state index in [2.05, 4.69) is 15.5 Å². The summed E-state index contributed by atoms with van der Waals surface area (Å²) in [4.78, 5) is 16.1. The first-order chi connectivity index (χ1) is 9.33. The summed E-state index contributed by atoms with van der Waals surface area (Å²) < 4.78 is 4.77. The van der Waals surface area contributed by atoms with Crippen LogP contribution in [0.15, 0.2) is 52.5 Å². The number of thiazole rings is 1. The predicted molar refractivity (Wildman–Crippen MR) is 72.0 cm³/mol. The number of anilines is 1. The van der Waals surface area contributed by atoms with Crippen LogP contribution in [0.4, 0.5) is 5.13 Å². The highest BCUT2D eigenvalue weighted by molar-refractivity contribution is 7.14. The summed E-state index contributed by atoms with van der Waals surface area (Å²) in [5.41, 5.74) is 1.84. The largest absolute Gasteiger partial charge is 0.351 e. The first-order valence-electron chi connectivity index (χ1n) is 5.56. The number of carbonyl (C=O) groups excluding carboxylic acids is 1. The third kappa shape index (κ3) is 2.53. The number of amides is 1. The zero-order valence-electron chi connectivity index (χ0n) is 9.74. The van der Waals surface area contributed by atoms with E-state index in [-0.39, 0.29) is 11.7 Å². The van der Waals surface area contributed by atoms with Crippen molar-refractivity contribution in [2.75, 3.05) is 5.32 Å². The molecule has 0 atom stereocenters. The van der Waals surface area contributed by atoms with Gasteiger partial charge in [-0.15, -0.1) is 11.3 Å². The van der Waals surface area contributed by atoms with Crippen LogP contribution in [0.2, 0.25) is 0 Å². The highest BCUT2D eigenvalue weighted by atomic mass is 32.1. The van der Waals surface area contributed by atoms with Crippen molar-refractivity contribution in [1.82, 2.24) is 10.1 Å². The number of carbonyl (C=O) groups is 1. The fourth-order valence-corrected chi connectivity index (χ4v) is 2.28. The van der Waals surface area contributed by atoms with Crippen LogP contribution >= 0.6 is 11.3 Å². The zero-order chi connectivity index (χ0) is 13.1. The molecule has 94 valence electrons. The lowest BCUT2D eigenvalue weighted by atomic mass is 10.2. The Morgan fingerprint density at radius 3 is 2.79 bits per heavy atom. The van der Waals surface area contributed by atoms with Crippen molar-refractivity contribution in [3.63, 3.8) is 0 Å². The van der Waals surface area contributed by atoms with Gasteiger partial charge >= 0.3 is 0 Å². The Kier molecular flexibility index (Phi) is 3.07. The summed E-state index contributed by atoms with van der Waals surface area (Å²) in [7, 11) is 0. The van der Waals surface area contributed by atoms with Crippen LogP contribution in [0, 0.1) is 0 Å². The van der Waals surface area contributed by atoms with Gasteiger partial charge in [0.25, 0.3) is 5.91 Å². The Morgan fingerprint density at radius 2 is 2.05 bits per heavy atom. The molecule has 5 nitrogen and oxygen atoms in total. The van der Waals surface area contributed by atoms with E-state index in [0.29, 0.717) is 5.13 Å². The zero-order valence-corrected chi connectivity index (χ0v) is 10.6. The summed E-state index contributed by atoms with van der Waals surface area (Å²) in [6.45, 7) is 0. The average Bonchev–Trinajstić information content (AvgIpc) is 3.11. The van der Waals surface area contributed by atoms with Gasteiger partial charge in [-0.3, -0.25) is 10.1 Å². The third-order valence-corrected chi connectivity index (χ3v) is 3.21. The number of hydrogen-bond acceptors (Lipinski definition) is 5. The molecule has 0 aliphatic carbocycles. The molecule has 0 unspecified atom stereocenters. The standard InChI is InChI=1S/C13H9N3O2S/c17-12(11-6-7-14-18-11)16-13-15-10(8-19-13)9-4-2-1-3-5-9/h1-8H,(H,15,16,17). The molecule has 19 heavy (non-hydrogen) atoms. The summed E-state index contributed by atoms with van der Waals surface area (Å²) in [6, 6.07) is 11.3. The first kappa shape index (κ1) is 11.6. The molecular weight excluding hydrogens is 262 g/mol. The maximum atomic E-state index is 11.7. The van der Waals surface area contributed by atoms with Crippen LogP contribution < -0.4 is 5.32 Å². The minimum Gasteiger partial charge on any atom is -0.351 e. The fourth-order valence-electron chi connectivity index (χ4n) is 1.56. The predicted octanol–water partition coefficient (Wildman–Crippen LogP) is 3.05. The number of nitrogens with one attached hydrogen (secondary N) is 1. The van der Waals surface area contributed by atoms with Gasteiger partial charge in [-0.25, -0.2) is 4.98 Å². The Hall–Kier alpha value is -2.47. The molecular formula is C13H9N3O2S. The Labute approximate surface area is 112 Å². The van der Waals surface area contributed by atoms with E-state index in [1.165, 1.54) is 23.6 Å². The van der Waals surface area contributed by atoms with Crippen molar-refractivity contribution in [1.29, 1.82) is 0 Å². The summed E-state index contributed by atoms with van der Waals surface area (Å²) in [6.07, 6.45) is 1.42. The third-order valence-electron chi connectivity index (χ3n) is 2.46. The smallest absolute Gasteiger partial charge is 0.296 e. The van der Waals surface area contributed by atoms with Crippen LogP contribution in [0.1, 0.15) is 10.6 Å². The summed E-state index contributed by atoms with van der Waals surface area (Å²) in [5, 5.41) is 8.58. The van der Waals surface area contributed by atoms with Crippen molar-refractivity contribution in [2.24, 2.45) is 0 Å². The molecule has 6 heteroatoms.